The standard InChI is InChI=1S/C36H39BF2N2O8S/c1-8-40-33(42)30-25-17-24(21-9-10-21)28(18-29(25)47-32(30)22-11-13-23(38)14-12-22)41(50(7,44)45)19-20-15-26(34(43)46-6)31(27(39)16-20)37-48-35(2,3)36(4,5)49-37/h11-18,21H,8-10,19H2,1-7H3,(H,40,42). The van der Waals surface area contributed by atoms with E-state index in [4.69, 9.17) is 18.5 Å². The number of rotatable bonds is 10. The van der Waals surface area contributed by atoms with Crippen molar-refractivity contribution in [2.45, 2.75) is 71.1 Å². The number of hydrogen-bond acceptors (Lipinski definition) is 8. The van der Waals surface area contributed by atoms with E-state index in [2.05, 4.69) is 5.32 Å². The lowest BCUT2D eigenvalue weighted by atomic mass is 9.74. The zero-order chi connectivity index (χ0) is 36.3. The molecule has 2 fully saturated rings. The third kappa shape index (κ3) is 6.51. The van der Waals surface area contributed by atoms with Crippen molar-refractivity contribution < 1.29 is 45.3 Å². The average Bonchev–Trinajstić information content (AvgIpc) is 3.77. The fraction of sp³-hybridized carbons (Fsp3) is 0.389. The smallest absolute Gasteiger partial charge is 0.465 e. The number of methoxy groups -OCH3 is 1. The predicted octanol–water partition coefficient (Wildman–Crippen LogP) is 6.06. The number of nitrogens with one attached hydrogen (secondary N) is 1. The van der Waals surface area contributed by atoms with E-state index in [9.17, 15) is 22.4 Å². The van der Waals surface area contributed by atoms with Crippen LogP contribution in [0.1, 0.15) is 85.2 Å². The van der Waals surface area contributed by atoms with Crippen LogP contribution in [0.4, 0.5) is 14.5 Å². The van der Waals surface area contributed by atoms with Crippen LogP contribution in [0.2, 0.25) is 0 Å². The van der Waals surface area contributed by atoms with Gasteiger partial charge in [0.2, 0.25) is 10.0 Å². The molecule has 2 aliphatic rings. The monoisotopic (exact) mass is 708 g/mol. The molecule has 0 unspecified atom stereocenters. The number of carbonyl (C=O) groups excluding carboxylic acids is 2. The highest BCUT2D eigenvalue weighted by Crippen LogP contribution is 2.48. The molecule has 1 aromatic heterocycles. The molecule has 0 bridgehead atoms. The van der Waals surface area contributed by atoms with Crippen molar-refractivity contribution in [1.82, 2.24) is 5.32 Å². The summed E-state index contributed by atoms with van der Waals surface area (Å²) in [5.74, 6) is -2.32. The van der Waals surface area contributed by atoms with Crippen LogP contribution in [0.25, 0.3) is 22.3 Å². The Morgan fingerprint density at radius 2 is 1.66 bits per heavy atom. The number of nitrogens with zero attached hydrogens (tertiary/aromatic N) is 1. The summed E-state index contributed by atoms with van der Waals surface area (Å²) in [6, 6.07) is 11.4. The van der Waals surface area contributed by atoms with E-state index in [0.717, 1.165) is 29.5 Å². The number of fused-ring (bicyclic) bond motifs is 1. The van der Waals surface area contributed by atoms with Gasteiger partial charge in [0.05, 0.1) is 47.9 Å². The first-order valence-electron chi connectivity index (χ1n) is 16.3. The summed E-state index contributed by atoms with van der Waals surface area (Å²) >= 11 is 0. The number of halogens is 2. The number of anilines is 1. The Morgan fingerprint density at radius 1 is 1.02 bits per heavy atom. The van der Waals surface area contributed by atoms with Crippen molar-refractivity contribution in [3.8, 4) is 11.3 Å². The highest BCUT2D eigenvalue weighted by Gasteiger charge is 2.53. The van der Waals surface area contributed by atoms with Gasteiger partial charge in [0, 0.05) is 29.0 Å². The van der Waals surface area contributed by atoms with E-state index in [0.29, 0.717) is 28.7 Å². The van der Waals surface area contributed by atoms with Crippen LogP contribution in [0.5, 0.6) is 0 Å². The number of benzene rings is 3. The Labute approximate surface area is 290 Å². The van der Waals surface area contributed by atoms with E-state index in [1.807, 2.05) is 0 Å². The van der Waals surface area contributed by atoms with Gasteiger partial charge < -0.3 is 23.8 Å². The van der Waals surface area contributed by atoms with Crippen molar-refractivity contribution in [2.75, 3.05) is 24.2 Å². The van der Waals surface area contributed by atoms with Crippen LogP contribution in [-0.4, -0.2) is 58.5 Å². The fourth-order valence-corrected chi connectivity index (χ4v) is 7.06. The van der Waals surface area contributed by atoms with Crippen LogP contribution >= 0.6 is 0 Å². The Balaban J connectivity index is 1.49. The molecule has 3 aromatic carbocycles. The number of carbonyl (C=O) groups is 2. The van der Waals surface area contributed by atoms with Gasteiger partial charge in [0.25, 0.3) is 5.91 Å². The summed E-state index contributed by atoms with van der Waals surface area (Å²) in [5.41, 5.74) is 0.132. The van der Waals surface area contributed by atoms with Crippen LogP contribution in [0.3, 0.4) is 0 Å². The zero-order valence-electron chi connectivity index (χ0n) is 29.0. The molecule has 1 saturated heterocycles. The van der Waals surface area contributed by atoms with E-state index >= 15 is 4.39 Å². The average molecular weight is 709 g/mol. The number of sulfonamides is 1. The lowest BCUT2D eigenvalue weighted by Crippen LogP contribution is -2.41. The molecule has 1 aliphatic carbocycles. The number of ether oxygens (including phenoxy) is 1. The Hall–Kier alpha value is -4.27. The van der Waals surface area contributed by atoms with Crippen LogP contribution in [0, 0.1) is 11.6 Å². The van der Waals surface area contributed by atoms with Gasteiger partial charge in [-0.1, -0.05) is 0 Å². The first-order chi connectivity index (χ1) is 23.5. The molecule has 0 spiro atoms. The highest BCUT2D eigenvalue weighted by molar-refractivity contribution is 7.92. The number of furan rings is 1. The van der Waals surface area contributed by atoms with E-state index in [1.165, 1.54) is 37.4 Å². The lowest BCUT2D eigenvalue weighted by Gasteiger charge is -2.32. The fourth-order valence-electron chi connectivity index (χ4n) is 6.16. The summed E-state index contributed by atoms with van der Waals surface area (Å²) in [4.78, 5) is 26.4. The van der Waals surface area contributed by atoms with E-state index in [1.54, 1.807) is 46.8 Å². The molecule has 0 atom stereocenters. The van der Waals surface area contributed by atoms with Gasteiger partial charge >= 0.3 is 13.1 Å². The summed E-state index contributed by atoms with van der Waals surface area (Å²) < 4.78 is 81.4. The van der Waals surface area contributed by atoms with E-state index < -0.39 is 51.9 Å². The zero-order valence-corrected chi connectivity index (χ0v) is 29.8. The topological polar surface area (TPSA) is 124 Å². The molecule has 0 radical (unpaired) electrons. The largest absolute Gasteiger partial charge is 0.498 e. The molecule has 50 heavy (non-hydrogen) atoms. The highest BCUT2D eigenvalue weighted by atomic mass is 32.2. The van der Waals surface area contributed by atoms with E-state index in [-0.39, 0.29) is 46.0 Å². The molecular formula is C36H39BF2N2O8S. The molecule has 1 saturated carbocycles. The summed E-state index contributed by atoms with van der Waals surface area (Å²) in [6.45, 7) is 9.00. The maximum Gasteiger partial charge on any atom is 0.498 e. The van der Waals surface area contributed by atoms with Crippen LogP contribution in [-0.2, 0) is 30.6 Å². The van der Waals surface area contributed by atoms with Gasteiger partial charge in [-0.05, 0) is 107 Å². The van der Waals surface area contributed by atoms with Gasteiger partial charge in [-0.25, -0.2) is 22.0 Å². The third-order valence-electron chi connectivity index (χ3n) is 9.60. The summed E-state index contributed by atoms with van der Waals surface area (Å²) in [6.07, 6.45) is 2.62. The van der Waals surface area contributed by atoms with Gasteiger partial charge in [0.15, 0.2) is 0 Å². The maximum atomic E-state index is 16.1. The van der Waals surface area contributed by atoms with Gasteiger partial charge in [-0.15, -0.1) is 0 Å². The Morgan fingerprint density at radius 3 is 2.22 bits per heavy atom. The van der Waals surface area contributed by atoms with Crippen molar-refractivity contribution in [2.24, 2.45) is 0 Å². The number of amides is 1. The maximum absolute atomic E-state index is 16.1. The van der Waals surface area contributed by atoms with Gasteiger partial charge in [-0.3, -0.25) is 9.10 Å². The quantitative estimate of drug-likeness (QED) is 0.156. The van der Waals surface area contributed by atoms with Gasteiger partial charge in [0.1, 0.15) is 23.0 Å². The second kappa shape index (κ2) is 12.8. The Bertz CT molecular complexity index is 2090. The SMILES string of the molecule is CCNC(=O)c1c(-c2ccc(F)cc2)oc2cc(N(Cc3cc(F)c(B4OC(C)(C)C(C)(C)O4)c(C(=O)OC)c3)S(C)(=O)=O)c(C3CC3)cc12. The first kappa shape index (κ1) is 35.6. The molecule has 10 nitrogen and oxygen atoms in total. The minimum Gasteiger partial charge on any atom is -0.465 e. The molecular weight excluding hydrogens is 669 g/mol. The summed E-state index contributed by atoms with van der Waals surface area (Å²) in [5, 5.41) is 3.28. The molecule has 6 rings (SSSR count). The third-order valence-corrected chi connectivity index (χ3v) is 10.7. The number of hydrogen-bond donors (Lipinski definition) is 1. The first-order valence-corrected chi connectivity index (χ1v) is 18.2. The molecule has 1 N–H and O–H groups in total. The molecule has 1 amide bonds. The normalized spacial score (nSPS) is 16.9. The molecule has 4 aromatic rings. The summed E-state index contributed by atoms with van der Waals surface area (Å²) in [7, 11) is -4.07. The molecule has 14 heteroatoms. The van der Waals surface area contributed by atoms with Crippen molar-refractivity contribution in [3.63, 3.8) is 0 Å². The second-order valence-corrected chi connectivity index (χ2v) is 15.6. The Kier molecular flexibility index (Phi) is 9.11. The van der Waals surface area contributed by atoms with Crippen LogP contribution in [0.15, 0.2) is 52.9 Å². The van der Waals surface area contributed by atoms with Crippen molar-refractivity contribution >= 4 is 51.1 Å². The van der Waals surface area contributed by atoms with Crippen LogP contribution < -0.4 is 15.1 Å². The predicted molar refractivity (Wildman–Crippen MR) is 186 cm³/mol. The van der Waals surface area contributed by atoms with Crippen molar-refractivity contribution in [1.29, 1.82) is 0 Å². The molecule has 1 aliphatic heterocycles. The molecule has 2 heterocycles. The second-order valence-electron chi connectivity index (χ2n) is 13.7. The van der Waals surface area contributed by atoms with Crippen molar-refractivity contribution in [3.05, 3.63) is 82.4 Å². The van der Waals surface area contributed by atoms with Gasteiger partial charge in [-0.2, -0.15) is 0 Å². The lowest BCUT2D eigenvalue weighted by molar-refractivity contribution is 0.00578. The minimum atomic E-state index is -4.02. The number of esters is 1. The molecule has 264 valence electrons. The minimum absolute atomic E-state index is 0.00183.